The van der Waals surface area contributed by atoms with Crippen LogP contribution in [-0.2, 0) is 27.8 Å². The molecular weight excluding hydrogens is 595 g/mol. The molecule has 2 N–H and O–H groups in total. The molecule has 1 aromatic heterocycles. The summed E-state index contributed by atoms with van der Waals surface area (Å²) < 4.78 is 35.2. The number of carbonyl (C=O) groups excluding carboxylic acids is 1. The number of ether oxygens (including phenoxy) is 1. The molecule has 0 radical (unpaired) electrons. The molecule has 0 saturated heterocycles. The van der Waals surface area contributed by atoms with Gasteiger partial charge in [0.25, 0.3) is 10.0 Å². The predicted molar refractivity (Wildman–Crippen MR) is 175 cm³/mol. The normalized spacial score (nSPS) is 18.1. The number of hydrogen-bond donors (Lipinski definition) is 2. The molecule has 5 rings (SSSR count). The lowest BCUT2D eigenvalue weighted by molar-refractivity contribution is -0.134. The number of amides is 1. The van der Waals surface area contributed by atoms with Crippen LogP contribution in [0.1, 0.15) is 25.0 Å². The molecular formula is C34H39N3O5S2. The molecule has 8 nitrogen and oxygen atoms in total. The van der Waals surface area contributed by atoms with Crippen LogP contribution in [-0.4, -0.2) is 68.1 Å². The number of likely N-dealkylation sites (N-methyl/N-ethyl adjacent to an activating group) is 1. The summed E-state index contributed by atoms with van der Waals surface area (Å²) in [6.45, 7) is 5.48. The number of carbonyl (C=O) groups is 1. The molecule has 3 atom stereocenters. The Kier molecular flexibility index (Phi) is 10.1. The first-order valence-electron chi connectivity index (χ1n) is 14.7. The zero-order valence-corrected chi connectivity index (χ0v) is 26.9. The Balaban J connectivity index is 1.37. The third-order valence-electron chi connectivity index (χ3n) is 7.93. The molecule has 10 heteroatoms. The zero-order chi connectivity index (χ0) is 31.3. The van der Waals surface area contributed by atoms with E-state index in [4.69, 9.17) is 4.74 Å². The minimum absolute atomic E-state index is 0.0251. The number of aliphatic hydroxyl groups is 1. The van der Waals surface area contributed by atoms with E-state index < -0.39 is 10.0 Å². The van der Waals surface area contributed by atoms with Crippen LogP contribution < -0.4 is 9.46 Å². The second-order valence-corrected chi connectivity index (χ2v) is 14.4. The van der Waals surface area contributed by atoms with Crippen molar-refractivity contribution in [1.29, 1.82) is 0 Å². The summed E-state index contributed by atoms with van der Waals surface area (Å²) in [6.07, 6.45) is -0.243. The maximum absolute atomic E-state index is 13.5. The Morgan fingerprint density at radius 3 is 2.45 bits per heavy atom. The van der Waals surface area contributed by atoms with E-state index in [0.29, 0.717) is 36.6 Å². The van der Waals surface area contributed by atoms with Gasteiger partial charge < -0.3 is 14.7 Å². The van der Waals surface area contributed by atoms with Crippen LogP contribution in [0.4, 0.5) is 5.69 Å². The smallest absolute Gasteiger partial charge is 0.271 e. The maximum Gasteiger partial charge on any atom is 0.271 e. The number of nitrogens with one attached hydrogen (secondary N) is 1. The lowest BCUT2D eigenvalue weighted by atomic mass is 10.0. The van der Waals surface area contributed by atoms with Crippen LogP contribution in [0, 0.1) is 5.92 Å². The Morgan fingerprint density at radius 2 is 1.77 bits per heavy atom. The molecule has 44 heavy (non-hydrogen) atoms. The van der Waals surface area contributed by atoms with Gasteiger partial charge in [-0.05, 0) is 60.3 Å². The van der Waals surface area contributed by atoms with Crippen LogP contribution in [0.5, 0.6) is 5.75 Å². The van der Waals surface area contributed by atoms with Gasteiger partial charge in [-0.2, -0.15) is 0 Å². The molecule has 1 aliphatic heterocycles. The average molecular weight is 634 g/mol. The Hall–Kier alpha value is -3.70. The standard InChI is InChI=1S/C34H39N3O5S2/c1-24-20-37(25(2)23-38)33(39)19-29-18-30(35-44(40,41)34-10-7-17-43-34)15-16-31(29)42-32(24)22-36(3)21-26-11-13-28(14-12-26)27-8-5-4-6-9-27/h4-18,24-25,32,35,38H,19-23H2,1-3H3/t24-,25+,32+/m0/s1. The van der Waals surface area contributed by atoms with Crippen molar-refractivity contribution in [3.8, 4) is 16.9 Å². The summed E-state index contributed by atoms with van der Waals surface area (Å²) >= 11 is 1.13. The minimum Gasteiger partial charge on any atom is -0.488 e. The monoisotopic (exact) mass is 633 g/mol. The van der Waals surface area contributed by atoms with Crippen molar-refractivity contribution in [3.63, 3.8) is 0 Å². The summed E-state index contributed by atoms with van der Waals surface area (Å²) in [5, 5.41) is 11.6. The van der Waals surface area contributed by atoms with Crippen molar-refractivity contribution < 1.29 is 23.1 Å². The molecule has 0 saturated carbocycles. The number of fused-ring (bicyclic) bond motifs is 1. The maximum atomic E-state index is 13.5. The van der Waals surface area contributed by atoms with E-state index in [-0.39, 0.29) is 41.2 Å². The fraction of sp³-hybridized carbons (Fsp3) is 0.324. The molecule has 0 aliphatic carbocycles. The van der Waals surface area contributed by atoms with E-state index in [9.17, 15) is 18.3 Å². The number of benzene rings is 3. The molecule has 0 fully saturated rings. The quantitative estimate of drug-likeness (QED) is 0.240. The molecule has 0 bridgehead atoms. The number of hydrogen-bond acceptors (Lipinski definition) is 7. The molecule has 3 aromatic carbocycles. The zero-order valence-electron chi connectivity index (χ0n) is 25.2. The van der Waals surface area contributed by atoms with E-state index in [1.54, 1.807) is 40.6 Å². The van der Waals surface area contributed by atoms with Gasteiger partial charge in [0.1, 0.15) is 16.1 Å². The number of sulfonamides is 1. The van der Waals surface area contributed by atoms with E-state index in [2.05, 4.69) is 60.0 Å². The Morgan fingerprint density at radius 1 is 1.05 bits per heavy atom. The lowest BCUT2D eigenvalue weighted by Crippen LogP contribution is -2.47. The lowest BCUT2D eigenvalue weighted by Gasteiger charge is -2.34. The van der Waals surface area contributed by atoms with E-state index in [0.717, 1.165) is 11.3 Å². The van der Waals surface area contributed by atoms with Gasteiger partial charge in [-0.3, -0.25) is 14.4 Å². The highest BCUT2D eigenvalue weighted by Gasteiger charge is 2.31. The topological polar surface area (TPSA) is 99.2 Å². The molecule has 1 aliphatic rings. The number of rotatable bonds is 10. The SMILES string of the molecule is C[C@H](CO)N1C[C@H](C)[C@@H](CN(C)Cc2ccc(-c3ccccc3)cc2)Oc2ccc(NS(=O)(=O)c3cccs3)cc2CC1=O. The van der Waals surface area contributed by atoms with Crippen LogP contribution in [0.2, 0.25) is 0 Å². The van der Waals surface area contributed by atoms with Crippen molar-refractivity contribution in [2.75, 3.05) is 31.5 Å². The number of aliphatic hydroxyl groups excluding tert-OH is 1. The first-order chi connectivity index (χ1) is 21.1. The van der Waals surface area contributed by atoms with E-state index in [1.807, 2.05) is 25.1 Å². The second kappa shape index (κ2) is 13.9. The highest BCUT2D eigenvalue weighted by Crippen LogP contribution is 2.31. The molecule has 0 spiro atoms. The fourth-order valence-electron chi connectivity index (χ4n) is 5.45. The van der Waals surface area contributed by atoms with Crippen molar-refractivity contribution in [1.82, 2.24) is 9.80 Å². The van der Waals surface area contributed by atoms with Gasteiger partial charge in [0.2, 0.25) is 5.91 Å². The van der Waals surface area contributed by atoms with Crippen LogP contribution in [0.25, 0.3) is 11.1 Å². The molecule has 1 amide bonds. The first kappa shape index (κ1) is 31.7. The van der Waals surface area contributed by atoms with Crippen LogP contribution in [0.15, 0.2) is 94.5 Å². The van der Waals surface area contributed by atoms with E-state index >= 15 is 0 Å². The van der Waals surface area contributed by atoms with E-state index in [1.165, 1.54) is 16.7 Å². The van der Waals surface area contributed by atoms with Crippen LogP contribution >= 0.6 is 11.3 Å². The highest BCUT2D eigenvalue weighted by atomic mass is 32.2. The summed E-state index contributed by atoms with van der Waals surface area (Å²) in [7, 11) is -1.70. The third kappa shape index (κ3) is 7.68. The molecule has 4 aromatic rings. The van der Waals surface area contributed by atoms with Crippen molar-refractivity contribution >= 4 is 33.0 Å². The van der Waals surface area contributed by atoms with Gasteiger partial charge in [-0.25, -0.2) is 8.42 Å². The Labute approximate surface area is 264 Å². The molecule has 2 heterocycles. The van der Waals surface area contributed by atoms with Gasteiger partial charge in [-0.1, -0.05) is 67.6 Å². The van der Waals surface area contributed by atoms with Gasteiger partial charge in [-0.15, -0.1) is 11.3 Å². The van der Waals surface area contributed by atoms with Crippen molar-refractivity contribution in [3.05, 3.63) is 101 Å². The summed E-state index contributed by atoms with van der Waals surface area (Å²) in [5.41, 5.74) is 4.47. The molecule has 232 valence electrons. The first-order valence-corrected chi connectivity index (χ1v) is 17.1. The van der Waals surface area contributed by atoms with Crippen molar-refractivity contribution in [2.45, 2.75) is 43.2 Å². The van der Waals surface area contributed by atoms with Crippen LogP contribution in [0.3, 0.4) is 0 Å². The number of thiophene rings is 1. The fourth-order valence-corrected chi connectivity index (χ4v) is 7.49. The average Bonchev–Trinajstić information content (AvgIpc) is 3.58. The number of anilines is 1. The third-order valence-corrected chi connectivity index (χ3v) is 10.7. The van der Waals surface area contributed by atoms with Gasteiger partial charge in [0, 0.05) is 36.8 Å². The van der Waals surface area contributed by atoms with Crippen molar-refractivity contribution in [2.24, 2.45) is 5.92 Å². The highest BCUT2D eigenvalue weighted by molar-refractivity contribution is 7.94. The predicted octanol–water partition coefficient (Wildman–Crippen LogP) is 5.50. The number of nitrogens with zero attached hydrogens (tertiary/aromatic N) is 2. The van der Waals surface area contributed by atoms with Gasteiger partial charge >= 0.3 is 0 Å². The van der Waals surface area contributed by atoms with Gasteiger partial charge in [0.15, 0.2) is 0 Å². The minimum atomic E-state index is -3.75. The summed E-state index contributed by atoms with van der Waals surface area (Å²) in [6, 6.07) is 26.8. The summed E-state index contributed by atoms with van der Waals surface area (Å²) in [5.74, 6) is 0.362. The largest absolute Gasteiger partial charge is 0.488 e. The Bertz CT molecular complexity index is 1640. The summed E-state index contributed by atoms with van der Waals surface area (Å²) in [4.78, 5) is 17.4. The molecule has 0 unspecified atom stereocenters. The van der Waals surface area contributed by atoms with Gasteiger partial charge in [0.05, 0.1) is 19.1 Å². The second-order valence-electron chi connectivity index (χ2n) is 11.5.